The van der Waals surface area contributed by atoms with Crippen LogP contribution in [-0.4, -0.2) is 53.3 Å². The Bertz CT molecular complexity index is 1390. The van der Waals surface area contributed by atoms with Gasteiger partial charge in [-0.25, -0.2) is 9.78 Å². The summed E-state index contributed by atoms with van der Waals surface area (Å²) in [6.45, 7) is 2.67. The molecule has 10 heteroatoms. The zero-order chi connectivity index (χ0) is 26.8. The van der Waals surface area contributed by atoms with Crippen molar-refractivity contribution in [3.63, 3.8) is 0 Å². The van der Waals surface area contributed by atoms with E-state index >= 15 is 0 Å². The van der Waals surface area contributed by atoms with Crippen LogP contribution in [0.5, 0.6) is 0 Å². The molecule has 0 bridgehead atoms. The van der Waals surface area contributed by atoms with Gasteiger partial charge in [-0.15, -0.1) is 0 Å². The number of likely N-dealkylation sites (tertiary alicyclic amines) is 1. The van der Waals surface area contributed by atoms with Gasteiger partial charge in [-0.1, -0.05) is 12.1 Å². The quantitative estimate of drug-likeness (QED) is 0.465. The summed E-state index contributed by atoms with van der Waals surface area (Å²) >= 11 is 0. The van der Waals surface area contributed by atoms with E-state index in [0.717, 1.165) is 31.4 Å². The molecule has 5 rings (SSSR count). The maximum absolute atomic E-state index is 13.4. The number of furan rings is 1. The first kappa shape index (κ1) is 25.4. The number of aryl methyl sites for hydroxylation is 1. The van der Waals surface area contributed by atoms with E-state index in [1.165, 1.54) is 7.11 Å². The number of benzene rings is 1. The van der Waals surface area contributed by atoms with Gasteiger partial charge in [0.15, 0.2) is 0 Å². The van der Waals surface area contributed by atoms with Gasteiger partial charge in [0.25, 0.3) is 5.91 Å². The number of ether oxygens (including phenoxy) is 1. The predicted molar refractivity (Wildman–Crippen MR) is 140 cm³/mol. The molecule has 10 nitrogen and oxygen atoms in total. The molecular formula is C28H30N4O6. The second-order valence-corrected chi connectivity index (χ2v) is 9.84. The van der Waals surface area contributed by atoms with Crippen molar-refractivity contribution in [2.24, 2.45) is 5.92 Å². The van der Waals surface area contributed by atoms with Crippen molar-refractivity contribution in [1.82, 2.24) is 9.88 Å². The summed E-state index contributed by atoms with van der Waals surface area (Å²) in [5.74, 6) is -1.41. The van der Waals surface area contributed by atoms with E-state index < -0.39 is 11.9 Å². The fourth-order valence-corrected chi connectivity index (χ4v) is 5.35. The third-order valence-corrected chi connectivity index (χ3v) is 7.35. The Morgan fingerprint density at radius 2 is 1.87 bits per heavy atom. The number of nitrogens with one attached hydrogen (secondary N) is 2. The number of rotatable bonds is 6. The molecule has 38 heavy (non-hydrogen) atoms. The lowest BCUT2D eigenvalue weighted by molar-refractivity contribution is -0.130. The van der Waals surface area contributed by atoms with E-state index in [-0.39, 0.29) is 46.4 Å². The van der Waals surface area contributed by atoms with E-state index in [1.807, 2.05) is 17.9 Å². The normalized spacial score (nSPS) is 19.4. The van der Waals surface area contributed by atoms with Gasteiger partial charge in [0.2, 0.25) is 17.6 Å². The highest BCUT2D eigenvalue weighted by Gasteiger charge is 2.35. The molecule has 3 heterocycles. The molecule has 3 aromatic rings. The number of amides is 3. The van der Waals surface area contributed by atoms with Crippen LogP contribution in [0.3, 0.4) is 0 Å². The molecule has 3 amide bonds. The van der Waals surface area contributed by atoms with Crippen LogP contribution in [-0.2, 0) is 14.3 Å². The first-order valence-corrected chi connectivity index (χ1v) is 12.8. The molecule has 198 valence electrons. The van der Waals surface area contributed by atoms with Crippen molar-refractivity contribution >= 4 is 46.2 Å². The first-order valence-electron chi connectivity index (χ1n) is 12.8. The highest BCUT2D eigenvalue weighted by atomic mass is 16.5. The summed E-state index contributed by atoms with van der Waals surface area (Å²) in [5, 5.41) is 5.88. The SMILES string of the molecule is COC(=O)c1cccc2oc(C(=O)Nc3ccc(C)cn3)c(NC(=O)C3CCC(N4CCCC4=O)CC3)c12. The number of aromatic nitrogens is 1. The fourth-order valence-electron chi connectivity index (χ4n) is 5.35. The van der Waals surface area contributed by atoms with Crippen LogP contribution in [0.15, 0.2) is 40.9 Å². The number of anilines is 2. The van der Waals surface area contributed by atoms with E-state index in [0.29, 0.717) is 30.5 Å². The summed E-state index contributed by atoms with van der Waals surface area (Å²) in [4.78, 5) is 57.5. The molecule has 0 radical (unpaired) electrons. The highest BCUT2D eigenvalue weighted by Crippen LogP contribution is 2.36. The van der Waals surface area contributed by atoms with Crippen molar-refractivity contribution in [3.05, 3.63) is 53.4 Å². The predicted octanol–water partition coefficient (Wildman–Crippen LogP) is 4.29. The maximum atomic E-state index is 13.4. The summed E-state index contributed by atoms with van der Waals surface area (Å²) in [6, 6.07) is 8.44. The number of methoxy groups -OCH3 is 1. The second-order valence-electron chi connectivity index (χ2n) is 9.84. The standard InChI is InChI=1S/C28H30N4O6/c1-16-8-13-21(29-15-16)30-27(35)25-24(23-19(28(36)37-2)5-3-6-20(23)38-25)31-26(34)17-9-11-18(12-10-17)32-14-4-7-22(32)33/h3,5-6,8,13,15,17-18H,4,7,9-12,14H2,1-2H3,(H,31,34)(H,29,30,35). The first-order chi connectivity index (χ1) is 18.4. The molecule has 0 atom stereocenters. The summed E-state index contributed by atoms with van der Waals surface area (Å²) < 4.78 is 10.8. The van der Waals surface area contributed by atoms with E-state index in [1.54, 1.807) is 30.5 Å². The molecular weight excluding hydrogens is 488 g/mol. The van der Waals surface area contributed by atoms with Gasteiger partial charge in [0.1, 0.15) is 17.1 Å². The number of nitrogens with zero attached hydrogens (tertiary/aromatic N) is 2. The molecule has 2 fully saturated rings. The number of carbonyl (C=O) groups excluding carboxylic acids is 4. The Balaban J connectivity index is 1.42. The summed E-state index contributed by atoms with van der Waals surface area (Å²) in [6.07, 6.45) is 5.84. The average Bonchev–Trinajstić information content (AvgIpc) is 3.53. The van der Waals surface area contributed by atoms with Gasteiger partial charge in [-0.3, -0.25) is 14.4 Å². The van der Waals surface area contributed by atoms with Crippen LogP contribution in [0, 0.1) is 12.8 Å². The summed E-state index contributed by atoms with van der Waals surface area (Å²) in [7, 11) is 1.26. The van der Waals surface area contributed by atoms with Gasteiger partial charge in [-0.05, 0) is 62.8 Å². The van der Waals surface area contributed by atoms with Crippen LogP contribution in [0.4, 0.5) is 11.5 Å². The van der Waals surface area contributed by atoms with Crippen molar-refractivity contribution in [1.29, 1.82) is 0 Å². The molecule has 1 aromatic carbocycles. The molecule has 2 aromatic heterocycles. The van der Waals surface area contributed by atoms with Gasteiger partial charge >= 0.3 is 5.97 Å². The number of hydrogen-bond acceptors (Lipinski definition) is 7. The monoisotopic (exact) mass is 518 g/mol. The largest absolute Gasteiger partial charge is 0.465 e. The Labute approximate surface area is 219 Å². The molecule has 2 N–H and O–H groups in total. The van der Waals surface area contributed by atoms with Gasteiger partial charge in [-0.2, -0.15) is 0 Å². The minimum Gasteiger partial charge on any atom is -0.465 e. The zero-order valence-electron chi connectivity index (χ0n) is 21.4. The van der Waals surface area contributed by atoms with Crippen molar-refractivity contribution in [2.75, 3.05) is 24.3 Å². The molecule has 0 spiro atoms. The average molecular weight is 519 g/mol. The van der Waals surface area contributed by atoms with Crippen LogP contribution >= 0.6 is 0 Å². The molecule has 0 unspecified atom stereocenters. The third kappa shape index (κ3) is 4.98. The Hall–Kier alpha value is -4.21. The number of esters is 1. The van der Waals surface area contributed by atoms with E-state index in [4.69, 9.17) is 9.15 Å². The van der Waals surface area contributed by atoms with E-state index in [9.17, 15) is 19.2 Å². The number of fused-ring (bicyclic) bond motifs is 1. The lowest BCUT2D eigenvalue weighted by Gasteiger charge is -2.34. The Morgan fingerprint density at radius 1 is 1.08 bits per heavy atom. The molecule has 1 saturated heterocycles. The van der Waals surface area contributed by atoms with Crippen molar-refractivity contribution in [3.8, 4) is 0 Å². The van der Waals surface area contributed by atoms with Crippen LogP contribution in [0.2, 0.25) is 0 Å². The number of pyridine rings is 1. The summed E-state index contributed by atoms with van der Waals surface area (Å²) in [5.41, 5.74) is 1.49. The Kier molecular flexibility index (Phi) is 7.13. The van der Waals surface area contributed by atoms with E-state index in [2.05, 4.69) is 15.6 Å². The number of hydrogen-bond donors (Lipinski definition) is 2. The minimum absolute atomic E-state index is 0.118. The maximum Gasteiger partial charge on any atom is 0.338 e. The van der Waals surface area contributed by atoms with Gasteiger partial charge < -0.3 is 24.7 Å². The molecule has 1 aliphatic heterocycles. The molecule has 2 aliphatic rings. The van der Waals surface area contributed by atoms with Crippen LogP contribution in [0.25, 0.3) is 11.0 Å². The number of carbonyl (C=O) groups is 4. The lowest BCUT2D eigenvalue weighted by atomic mass is 9.84. The Morgan fingerprint density at radius 3 is 2.53 bits per heavy atom. The van der Waals surface area contributed by atoms with Crippen molar-refractivity contribution in [2.45, 2.75) is 51.5 Å². The minimum atomic E-state index is -0.616. The highest BCUT2D eigenvalue weighted by molar-refractivity contribution is 6.18. The fraction of sp³-hybridized carbons (Fsp3) is 0.393. The van der Waals surface area contributed by atoms with Gasteiger partial charge in [0, 0.05) is 31.1 Å². The molecule has 1 saturated carbocycles. The lowest BCUT2D eigenvalue weighted by Crippen LogP contribution is -2.40. The third-order valence-electron chi connectivity index (χ3n) is 7.35. The van der Waals surface area contributed by atoms with Crippen LogP contribution in [0.1, 0.15) is 65.0 Å². The van der Waals surface area contributed by atoms with Gasteiger partial charge in [0.05, 0.1) is 18.1 Å². The smallest absolute Gasteiger partial charge is 0.338 e. The molecule has 1 aliphatic carbocycles. The van der Waals surface area contributed by atoms with Crippen LogP contribution < -0.4 is 10.6 Å². The van der Waals surface area contributed by atoms with Crippen molar-refractivity contribution < 1.29 is 28.3 Å². The topological polar surface area (TPSA) is 131 Å². The zero-order valence-corrected chi connectivity index (χ0v) is 21.4. The second kappa shape index (κ2) is 10.6.